The van der Waals surface area contributed by atoms with Gasteiger partial charge in [-0.25, -0.2) is 14.5 Å². The Kier molecular flexibility index (Phi) is 3.01. The molecule has 4 aromatic heterocycles. The van der Waals surface area contributed by atoms with Gasteiger partial charge in [0, 0.05) is 7.05 Å². The van der Waals surface area contributed by atoms with Gasteiger partial charge in [0.2, 0.25) is 0 Å². The lowest BCUT2D eigenvalue weighted by Gasteiger charge is -2.10. The van der Waals surface area contributed by atoms with Crippen LogP contribution in [0.3, 0.4) is 0 Å². The molecule has 0 saturated heterocycles. The molecule has 0 radical (unpaired) electrons. The smallest absolute Gasteiger partial charge is 0.258 e. The van der Waals surface area contributed by atoms with Crippen LogP contribution in [0, 0.1) is 10.1 Å². The lowest BCUT2D eigenvalue weighted by atomic mass is 10.2. The molecule has 0 aliphatic rings. The standard InChI is InChI=1S/C13H13N9O2/c1-3-10(20-6-8(4-16-20)22(23)24)11-17-13-9-5-15-19(2)12(9)14-7-21(13)18-11/h4-7,10H,3H2,1-2H3/t10-/m1/s1. The summed E-state index contributed by atoms with van der Waals surface area (Å²) < 4.78 is 4.76. The summed E-state index contributed by atoms with van der Waals surface area (Å²) in [5.41, 5.74) is 1.29. The fourth-order valence-electron chi connectivity index (χ4n) is 2.68. The van der Waals surface area contributed by atoms with Crippen molar-refractivity contribution in [3.63, 3.8) is 0 Å². The average molecular weight is 327 g/mol. The second-order valence-electron chi connectivity index (χ2n) is 5.35. The van der Waals surface area contributed by atoms with Crippen LogP contribution in [0.4, 0.5) is 5.69 Å². The molecular weight excluding hydrogens is 314 g/mol. The maximum Gasteiger partial charge on any atom is 0.307 e. The highest BCUT2D eigenvalue weighted by atomic mass is 16.6. The zero-order valence-corrected chi connectivity index (χ0v) is 12.9. The van der Waals surface area contributed by atoms with E-state index >= 15 is 0 Å². The van der Waals surface area contributed by atoms with Gasteiger partial charge in [-0.2, -0.15) is 10.2 Å². The van der Waals surface area contributed by atoms with Gasteiger partial charge in [0.1, 0.15) is 24.8 Å². The van der Waals surface area contributed by atoms with Crippen LogP contribution >= 0.6 is 0 Å². The fraction of sp³-hybridized carbons (Fsp3) is 0.308. The first kappa shape index (κ1) is 14.2. The van der Waals surface area contributed by atoms with Crippen molar-refractivity contribution in [2.45, 2.75) is 19.4 Å². The summed E-state index contributed by atoms with van der Waals surface area (Å²) >= 11 is 0. The molecule has 4 aromatic rings. The first-order valence-electron chi connectivity index (χ1n) is 7.30. The van der Waals surface area contributed by atoms with Crippen LogP contribution in [-0.4, -0.2) is 44.1 Å². The van der Waals surface area contributed by atoms with Crippen LogP contribution in [0.5, 0.6) is 0 Å². The van der Waals surface area contributed by atoms with Crippen molar-refractivity contribution >= 4 is 22.4 Å². The van der Waals surface area contributed by atoms with Gasteiger partial charge in [-0.15, -0.1) is 5.10 Å². The average Bonchev–Trinajstić information content (AvgIpc) is 3.26. The molecule has 11 nitrogen and oxygen atoms in total. The highest BCUT2D eigenvalue weighted by molar-refractivity contribution is 5.88. The normalized spacial score (nSPS) is 12.9. The lowest BCUT2D eigenvalue weighted by Crippen LogP contribution is -2.12. The highest BCUT2D eigenvalue weighted by Gasteiger charge is 2.22. The first-order chi connectivity index (χ1) is 11.6. The molecule has 1 atom stereocenters. The van der Waals surface area contributed by atoms with Gasteiger partial charge >= 0.3 is 5.69 Å². The molecule has 0 spiro atoms. The van der Waals surface area contributed by atoms with Crippen LogP contribution in [0.2, 0.25) is 0 Å². The molecule has 0 fully saturated rings. The Labute approximate surface area is 134 Å². The second kappa shape index (κ2) is 5.08. The minimum absolute atomic E-state index is 0.0615. The molecule has 0 amide bonds. The maximum absolute atomic E-state index is 10.9. The Bertz CT molecular complexity index is 1060. The molecule has 122 valence electrons. The van der Waals surface area contributed by atoms with Gasteiger partial charge in [0.15, 0.2) is 17.1 Å². The van der Waals surface area contributed by atoms with Crippen molar-refractivity contribution in [2.24, 2.45) is 7.05 Å². The third-order valence-electron chi connectivity index (χ3n) is 3.89. The zero-order chi connectivity index (χ0) is 16.8. The SMILES string of the molecule is CC[C@H](c1nc2c3cnn(C)c3ncn2n1)n1cc([N+](=O)[O-])cn1. The zero-order valence-electron chi connectivity index (χ0n) is 12.9. The molecule has 0 aromatic carbocycles. The monoisotopic (exact) mass is 327 g/mol. The Morgan fingerprint density at radius 3 is 2.83 bits per heavy atom. The van der Waals surface area contributed by atoms with E-state index in [-0.39, 0.29) is 11.7 Å². The minimum atomic E-state index is -0.476. The number of hydrogen-bond acceptors (Lipinski definition) is 7. The first-order valence-corrected chi connectivity index (χ1v) is 7.30. The number of hydrogen-bond donors (Lipinski definition) is 0. The third-order valence-corrected chi connectivity index (χ3v) is 3.89. The molecule has 11 heteroatoms. The molecule has 4 heterocycles. The van der Waals surface area contributed by atoms with Gasteiger partial charge in [-0.05, 0) is 6.42 Å². The van der Waals surface area contributed by atoms with Gasteiger partial charge in [-0.3, -0.25) is 19.5 Å². The summed E-state index contributed by atoms with van der Waals surface area (Å²) in [6, 6.07) is -0.301. The van der Waals surface area contributed by atoms with Crippen molar-refractivity contribution in [3.8, 4) is 0 Å². The van der Waals surface area contributed by atoms with Crippen molar-refractivity contribution in [1.82, 2.24) is 39.1 Å². The number of aromatic nitrogens is 8. The molecule has 0 N–H and O–H groups in total. The molecule has 0 bridgehead atoms. The van der Waals surface area contributed by atoms with Crippen LogP contribution in [-0.2, 0) is 7.05 Å². The number of fused-ring (bicyclic) bond motifs is 3. The molecule has 0 unspecified atom stereocenters. The molecule has 24 heavy (non-hydrogen) atoms. The number of nitrogens with zero attached hydrogens (tertiary/aromatic N) is 9. The van der Waals surface area contributed by atoms with E-state index in [9.17, 15) is 10.1 Å². The largest absolute Gasteiger partial charge is 0.307 e. The predicted octanol–water partition coefficient (Wildman–Crippen LogP) is 1.12. The van der Waals surface area contributed by atoms with E-state index in [0.29, 0.717) is 23.5 Å². The van der Waals surface area contributed by atoms with E-state index in [1.54, 1.807) is 28.8 Å². The van der Waals surface area contributed by atoms with Crippen molar-refractivity contribution in [3.05, 3.63) is 40.9 Å². The molecule has 0 saturated carbocycles. The van der Waals surface area contributed by atoms with Gasteiger partial charge in [0.05, 0.1) is 16.5 Å². The van der Waals surface area contributed by atoms with Crippen LogP contribution in [0.25, 0.3) is 16.7 Å². The van der Waals surface area contributed by atoms with E-state index in [2.05, 4.69) is 25.3 Å². The van der Waals surface area contributed by atoms with E-state index in [0.717, 1.165) is 5.39 Å². The van der Waals surface area contributed by atoms with Gasteiger partial charge < -0.3 is 0 Å². The summed E-state index contributed by atoms with van der Waals surface area (Å²) in [5.74, 6) is 0.522. The molecule has 4 rings (SSSR count). The lowest BCUT2D eigenvalue weighted by molar-refractivity contribution is -0.385. The molecule has 0 aliphatic heterocycles. The number of rotatable bonds is 4. The van der Waals surface area contributed by atoms with E-state index < -0.39 is 4.92 Å². The van der Waals surface area contributed by atoms with Gasteiger partial charge in [-0.1, -0.05) is 6.92 Å². The topological polar surface area (TPSA) is 122 Å². The van der Waals surface area contributed by atoms with Crippen molar-refractivity contribution in [1.29, 1.82) is 0 Å². The molecule has 0 aliphatic carbocycles. The van der Waals surface area contributed by atoms with Gasteiger partial charge in [0.25, 0.3) is 0 Å². The number of aryl methyl sites for hydroxylation is 1. The van der Waals surface area contributed by atoms with E-state index in [1.165, 1.54) is 17.1 Å². The Morgan fingerprint density at radius 1 is 1.29 bits per heavy atom. The third kappa shape index (κ3) is 2.01. The Balaban J connectivity index is 1.84. The Hall–Kier alpha value is -3.37. The predicted molar refractivity (Wildman–Crippen MR) is 82.4 cm³/mol. The van der Waals surface area contributed by atoms with E-state index in [1.807, 2.05) is 6.92 Å². The van der Waals surface area contributed by atoms with E-state index in [4.69, 9.17) is 0 Å². The van der Waals surface area contributed by atoms with Crippen LogP contribution in [0.15, 0.2) is 24.9 Å². The summed E-state index contributed by atoms with van der Waals surface area (Å²) in [7, 11) is 1.81. The summed E-state index contributed by atoms with van der Waals surface area (Å²) in [6.45, 7) is 1.95. The molecular formula is C13H13N9O2. The van der Waals surface area contributed by atoms with Crippen molar-refractivity contribution in [2.75, 3.05) is 0 Å². The fourth-order valence-corrected chi connectivity index (χ4v) is 2.68. The highest BCUT2D eigenvalue weighted by Crippen LogP contribution is 2.23. The summed E-state index contributed by atoms with van der Waals surface area (Å²) in [5, 5.41) is 24.3. The van der Waals surface area contributed by atoms with Crippen LogP contribution in [0.1, 0.15) is 25.2 Å². The quantitative estimate of drug-likeness (QED) is 0.406. The Morgan fingerprint density at radius 2 is 2.12 bits per heavy atom. The maximum atomic E-state index is 10.9. The van der Waals surface area contributed by atoms with Crippen LogP contribution < -0.4 is 0 Å². The minimum Gasteiger partial charge on any atom is -0.258 e. The van der Waals surface area contributed by atoms with Crippen molar-refractivity contribution < 1.29 is 4.92 Å². The second-order valence-corrected chi connectivity index (χ2v) is 5.35. The summed E-state index contributed by atoms with van der Waals surface area (Å²) in [6.07, 6.45) is 6.51. The summed E-state index contributed by atoms with van der Waals surface area (Å²) in [4.78, 5) is 19.3. The number of nitro groups is 1.